The van der Waals surface area contributed by atoms with Gasteiger partial charge in [0.1, 0.15) is 5.82 Å². The van der Waals surface area contributed by atoms with E-state index in [1.807, 2.05) is 25.1 Å². The van der Waals surface area contributed by atoms with Crippen molar-refractivity contribution in [1.29, 1.82) is 0 Å². The summed E-state index contributed by atoms with van der Waals surface area (Å²) in [6, 6.07) is 9.62. The summed E-state index contributed by atoms with van der Waals surface area (Å²) in [5, 5.41) is 0. The standard InChI is InChI=1S/C17H18FNO2S/c1-12-5-7-16-14(10-12)4-3-9-19(16)22(20,21)17-8-6-15(18)11-13(17)2/h5-8,10-11H,3-4,9H2,1-2H3. The van der Waals surface area contributed by atoms with Crippen LogP contribution in [-0.4, -0.2) is 15.0 Å². The van der Waals surface area contributed by atoms with Crippen LogP contribution in [0.1, 0.15) is 23.1 Å². The van der Waals surface area contributed by atoms with Gasteiger partial charge in [0.05, 0.1) is 10.6 Å². The van der Waals surface area contributed by atoms with E-state index in [0.29, 0.717) is 12.1 Å². The zero-order chi connectivity index (χ0) is 15.9. The first kappa shape index (κ1) is 15.0. The number of hydrogen-bond acceptors (Lipinski definition) is 2. The molecule has 0 aliphatic carbocycles. The van der Waals surface area contributed by atoms with E-state index in [1.54, 1.807) is 6.92 Å². The van der Waals surface area contributed by atoms with Crippen LogP contribution in [0.2, 0.25) is 0 Å². The zero-order valence-electron chi connectivity index (χ0n) is 12.6. The van der Waals surface area contributed by atoms with E-state index in [2.05, 4.69) is 0 Å². The lowest BCUT2D eigenvalue weighted by molar-refractivity contribution is 0.584. The Bertz CT molecular complexity index is 831. The van der Waals surface area contributed by atoms with E-state index >= 15 is 0 Å². The highest BCUT2D eigenvalue weighted by molar-refractivity contribution is 7.92. The second-order valence-electron chi connectivity index (χ2n) is 5.72. The van der Waals surface area contributed by atoms with Crippen LogP contribution in [0.5, 0.6) is 0 Å². The summed E-state index contributed by atoms with van der Waals surface area (Å²) < 4.78 is 40.6. The fraction of sp³-hybridized carbons (Fsp3) is 0.294. The number of rotatable bonds is 2. The van der Waals surface area contributed by atoms with Crippen LogP contribution in [0, 0.1) is 19.7 Å². The predicted molar refractivity (Wildman–Crippen MR) is 85.2 cm³/mol. The largest absolute Gasteiger partial charge is 0.266 e. The fourth-order valence-electron chi connectivity index (χ4n) is 2.96. The lowest BCUT2D eigenvalue weighted by Gasteiger charge is -2.31. The summed E-state index contributed by atoms with van der Waals surface area (Å²) in [7, 11) is -3.67. The molecule has 0 atom stereocenters. The molecule has 22 heavy (non-hydrogen) atoms. The van der Waals surface area contributed by atoms with Crippen LogP contribution in [0.15, 0.2) is 41.3 Å². The van der Waals surface area contributed by atoms with Crippen LogP contribution < -0.4 is 4.31 Å². The summed E-state index contributed by atoms with van der Waals surface area (Å²) in [6.07, 6.45) is 1.67. The highest BCUT2D eigenvalue weighted by atomic mass is 32.2. The quantitative estimate of drug-likeness (QED) is 0.848. The Hall–Kier alpha value is -1.88. The number of nitrogens with zero attached hydrogens (tertiary/aromatic N) is 1. The molecular weight excluding hydrogens is 301 g/mol. The van der Waals surface area contributed by atoms with E-state index in [-0.39, 0.29) is 4.90 Å². The number of anilines is 1. The Labute approximate surface area is 130 Å². The molecule has 116 valence electrons. The van der Waals surface area contributed by atoms with Gasteiger partial charge in [0.2, 0.25) is 0 Å². The van der Waals surface area contributed by atoms with Crippen molar-refractivity contribution in [1.82, 2.24) is 0 Å². The lowest BCUT2D eigenvalue weighted by Crippen LogP contribution is -2.35. The molecule has 0 radical (unpaired) electrons. The average Bonchev–Trinajstić information content (AvgIpc) is 2.45. The van der Waals surface area contributed by atoms with E-state index in [1.165, 1.54) is 22.5 Å². The first-order valence-electron chi connectivity index (χ1n) is 7.28. The number of hydrogen-bond donors (Lipinski definition) is 0. The third kappa shape index (κ3) is 2.50. The van der Waals surface area contributed by atoms with Gasteiger partial charge in [0.25, 0.3) is 10.0 Å². The third-order valence-electron chi connectivity index (χ3n) is 4.02. The summed E-state index contributed by atoms with van der Waals surface area (Å²) in [5.41, 5.74) is 3.34. The van der Waals surface area contributed by atoms with Gasteiger partial charge in [-0.15, -0.1) is 0 Å². The van der Waals surface area contributed by atoms with Crippen molar-refractivity contribution in [3.63, 3.8) is 0 Å². The first-order valence-corrected chi connectivity index (χ1v) is 8.72. The van der Waals surface area contributed by atoms with Gasteiger partial charge >= 0.3 is 0 Å². The molecule has 0 amide bonds. The smallest absolute Gasteiger partial charge is 0.264 e. The van der Waals surface area contributed by atoms with Crippen molar-refractivity contribution in [3.05, 3.63) is 58.9 Å². The topological polar surface area (TPSA) is 37.4 Å². The number of halogens is 1. The number of sulfonamides is 1. The van der Waals surface area contributed by atoms with Crippen molar-refractivity contribution in [2.75, 3.05) is 10.8 Å². The minimum atomic E-state index is -3.67. The third-order valence-corrected chi connectivity index (χ3v) is 5.99. The average molecular weight is 319 g/mol. The van der Waals surface area contributed by atoms with Crippen molar-refractivity contribution >= 4 is 15.7 Å². The van der Waals surface area contributed by atoms with Crippen LogP contribution in [0.3, 0.4) is 0 Å². The molecule has 0 spiro atoms. The molecule has 0 N–H and O–H groups in total. The van der Waals surface area contributed by atoms with E-state index in [4.69, 9.17) is 0 Å². The second kappa shape index (κ2) is 5.39. The molecule has 0 bridgehead atoms. The second-order valence-corrected chi connectivity index (χ2v) is 7.55. The Kier molecular flexibility index (Phi) is 3.68. The zero-order valence-corrected chi connectivity index (χ0v) is 13.5. The normalized spacial score (nSPS) is 14.8. The Morgan fingerprint density at radius 2 is 1.86 bits per heavy atom. The molecule has 1 aliphatic rings. The molecule has 0 aromatic heterocycles. The number of aryl methyl sites for hydroxylation is 3. The highest BCUT2D eigenvalue weighted by Crippen LogP contribution is 2.33. The lowest BCUT2D eigenvalue weighted by atomic mass is 10.0. The monoisotopic (exact) mass is 319 g/mol. The molecule has 3 rings (SSSR count). The van der Waals surface area contributed by atoms with Gasteiger partial charge in [-0.05, 0) is 62.1 Å². The molecule has 3 nitrogen and oxygen atoms in total. The van der Waals surface area contributed by atoms with Gasteiger partial charge in [0.15, 0.2) is 0 Å². The molecule has 0 saturated heterocycles. The molecule has 0 unspecified atom stereocenters. The van der Waals surface area contributed by atoms with Gasteiger partial charge in [-0.1, -0.05) is 17.7 Å². The molecule has 1 heterocycles. The van der Waals surface area contributed by atoms with Crippen molar-refractivity contribution in [3.8, 4) is 0 Å². The SMILES string of the molecule is Cc1ccc2c(c1)CCCN2S(=O)(=O)c1ccc(F)cc1C. The summed E-state index contributed by atoms with van der Waals surface area (Å²) in [5.74, 6) is -0.425. The van der Waals surface area contributed by atoms with Crippen LogP contribution in [-0.2, 0) is 16.4 Å². The molecule has 0 fully saturated rings. The Morgan fingerprint density at radius 3 is 2.59 bits per heavy atom. The van der Waals surface area contributed by atoms with Crippen molar-refractivity contribution < 1.29 is 12.8 Å². The maximum atomic E-state index is 13.3. The van der Waals surface area contributed by atoms with Gasteiger partial charge < -0.3 is 0 Å². The molecule has 5 heteroatoms. The molecule has 2 aromatic carbocycles. The summed E-state index contributed by atoms with van der Waals surface area (Å²) in [4.78, 5) is 0.169. The van der Waals surface area contributed by atoms with Crippen LogP contribution >= 0.6 is 0 Å². The molecule has 2 aromatic rings. The highest BCUT2D eigenvalue weighted by Gasteiger charge is 2.30. The summed E-state index contributed by atoms with van der Waals surface area (Å²) in [6.45, 7) is 4.07. The van der Waals surface area contributed by atoms with Gasteiger partial charge in [-0.3, -0.25) is 4.31 Å². The number of fused-ring (bicyclic) bond motifs is 1. The van der Waals surface area contributed by atoms with Crippen molar-refractivity contribution in [2.45, 2.75) is 31.6 Å². The first-order chi connectivity index (χ1) is 10.4. The Balaban J connectivity index is 2.11. The predicted octanol–water partition coefficient (Wildman–Crippen LogP) is 3.58. The molecule has 0 saturated carbocycles. The minimum Gasteiger partial charge on any atom is -0.266 e. The van der Waals surface area contributed by atoms with Gasteiger partial charge in [-0.2, -0.15) is 0 Å². The van der Waals surface area contributed by atoms with Crippen LogP contribution in [0.4, 0.5) is 10.1 Å². The van der Waals surface area contributed by atoms with E-state index < -0.39 is 15.8 Å². The fourth-order valence-corrected chi connectivity index (χ4v) is 4.71. The summed E-state index contributed by atoms with van der Waals surface area (Å²) >= 11 is 0. The van der Waals surface area contributed by atoms with Crippen LogP contribution in [0.25, 0.3) is 0 Å². The van der Waals surface area contributed by atoms with Gasteiger partial charge in [0, 0.05) is 6.54 Å². The maximum absolute atomic E-state index is 13.3. The molecule has 1 aliphatic heterocycles. The molecular formula is C17H18FNO2S. The van der Waals surface area contributed by atoms with Gasteiger partial charge in [-0.25, -0.2) is 12.8 Å². The maximum Gasteiger partial charge on any atom is 0.264 e. The van der Waals surface area contributed by atoms with E-state index in [9.17, 15) is 12.8 Å². The van der Waals surface area contributed by atoms with Crippen molar-refractivity contribution in [2.24, 2.45) is 0 Å². The van der Waals surface area contributed by atoms with E-state index in [0.717, 1.165) is 29.7 Å². The minimum absolute atomic E-state index is 0.169. The number of benzene rings is 2. The Morgan fingerprint density at radius 1 is 1.09 bits per heavy atom.